The number of rotatable bonds is 8. The van der Waals surface area contributed by atoms with Gasteiger partial charge in [0.15, 0.2) is 0 Å². The van der Waals surface area contributed by atoms with Gasteiger partial charge in [-0.1, -0.05) is 30.3 Å². The number of amides is 1. The second-order valence-corrected chi connectivity index (χ2v) is 8.99. The van der Waals surface area contributed by atoms with Crippen LogP contribution in [0.25, 0.3) is 0 Å². The Labute approximate surface area is 176 Å². The summed E-state index contributed by atoms with van der Waals surface area (Å²) in [4.78, 5) is 11.5. The van der Waals surface area contributed by atoms with Crippen molar-refractivity contribution in [3.05, 3.63) is 59.7 Å². The molecule has 8 nitrogen and oxygen atoms in total. The van der Waals surface area contributed by atoms with E-state index in [1.807, 2.05) is 6.07 Å². The van der Waals surface area contributed by atoms with Crippen LogP contribution < -0.4 is 15.2 Å². The molecule has 9 heteroatoms. The molecule has 1 amide bonds. The van der Waals surface area contributed by atoms with E-state index in [1.165, 1.54) is 25.3 Å². The average Bonchev–Trinajstić information content (AvgIpc) is 2.78. The van der Waals surface area contributed by atoms with Gasteiger partial charge < -0.3 is 20.3 Å². The normalized spacial score (nSPS) is 17.3. The van der Waals surface area contributed by atoms with Gasteiger partial charge in [0.2, 0.25) is 10.0 Å². The van der Waals surface area contributed by atoms with Crippen molar-refractivity contribution < 1.29 is 27.8 Å². The summed E-state index contributed by atoms with van der Waals surface area (Å²) < 4.78 is 38.8. The molecule has 1 atom stereocenters. The average molecular weight is 435 g/mol. The van der Waals surface area contributed by atoms with Gasteiger partial charge in [-0.05, 0) is 42.5 Å². The maximum atomic E-state index is 12.9. The molecular weight excluding hydrogens is 408 g/mol. The number of primary amides is 1. The highest BCUT2D eigenvalue weighted by molar-refractivity contribution is 7.89. The minimum absolute atomic E-state index is 0.0388. The van der Waals surface area contributed by atoms with Crippen LogP contribution in [0, 0.1) is 5.92 Å². The zero-order valence-corrected chi connectivity index (χ0v) is 17.5. The van der Waals surface area contributed by atoms with E-state index in [0.29, 0.717) is 31.6 Å². The first-order valence-corrected chi connectivity index (χ1v) is 11.1. The summed E-state index contributed by atoms with van der Waals surface area (Å²) in [5.41, 5.74) is 4.52. The fourth-order valence-electron chi connectivity index (χ4n) is 3.72. The molecule has 1 saturated heterocycles. The minimum Gasteiger partial charge on any atom is -0.496 e. The van der Waals surface area contributed by atoms with Gasteiger partial charge in [0, 0.05) is 19.8 Å². The predicted octanol–water partition coefficient (Wildman–Crippen LogP) is 1.39. The third-order valence-corrected chi connectivity index (χ3v) is 6.85. The number of nitrogens with two attached hydrogens (primary N) is 1. The van der Waals surface area contributed by atoms with Crippen LogP contribution in [0.15, 0.2) is 53.4 Å². The van der Waals surface area contributed by atoms with E-state index in [1.54, 1.807) is 24.3 Å². The van der Waals surface area contributed by atoms with Gasteiger partial charge in [-0.15, -0.1) is 0 Å². The molecule has 0 aliphatic carbocycles. The Morgan fingerprint density at radius 3 is 2.50 bits per heavy atom. The van der Waals surface area contributed by atoms with Crippen molar-refractivity contribution in [2.45, 2.75) is 23.3 Å². The summed E-state index contributed by atoms with van der Waals surface area (Å²) in [6, 6.07) is 12.9. The van der Waals surface area contributed by atoms with E-state index in [-0.39, 0.29) is 28.7 Å². The molecule has 0 aromatic heterocycles. The van der Waals surface area contributed by atoms with Crippen molar-refractivity contribution >= 4 is 15.9 Å². The van der Waals surface area contributed by atoms with E-state index in [2.05, 4.69) is 4.72 Å². The van der Waals surface area contributed by atoms with Gasteiger partial charge in [-0.3, -0.25) is 4.79 Å². The molecule has 0 spiro atoms. The Morgan fingerprint density at radius 2 is 1.90 bits per heavy atom. The van der Waals surface area contributed by atoms with Crippen molar-refractivity contribution in [1.82, 2.24) is 4.72 Å². The SMILES string of the molecule is COc1ccc(S(=O)(=O)NCC(O)(c2ccccc2)C2CCOCC2)cc1C(N)=O. The monoisotopic (exact) mass is 434 g/mol. The molecule has 2 aromatic rings. The molecule has 1 aliphatic rings. The van der Waals surface area contributed by atoms with Crippen molar-refractivity contribution in [2.75, 3.05) is 26.9 Å². The highest BCUT2D eigenvalue weighted by Crippen LogP contribution is 2.36. The molecule has 0 saturated carbocycles. The van der Waals surface area contributed by atoms with Crippen LogP contribution in [0.1, 0.15) is 28.8 Å². The first-order valence-electron chi connectivity index (χ1n) is 9.61. The van der Waals surface area contributed by atoms with Gasteiger partial charge in [0.1, 0.15) is 11.4 Å². The molecule has 1 fully saturated rings. The van der Waals surface area contributed by atoms with E-state index >= 15 is 0 Å². The second-order valence-electron chi connectivity index (χ2n) is 7.23. The number of sulfonamides is 1. The lowest BCUT2D eigenvalue weighted by Gasteiger charge is -2.39. The van der Waals surface area contributed by atoms with Crippen molar-refractivity contribution in [3.8, 4) is 5.75 Å². The smallest absolute Gasteiger partial charge is 0.252 e. The standard InChI is InChI=1S/C21H26N2O6S/c1-28-19-8-7-17(13-18(19)20(22)24)30(26,27)23-14-21(25,15-5-3-2-4-6-15)16-9-11-29-12-10-16/h2-8,13,16,23,25H,9-12,14H2,1H3,(H2,22,24). The van der Waals surface area contributed by atoms with Crippen LogP contribution in [0.2, 0.25) is 0 Å². The van der Waals surface area contributed by atoms with Gasteiger partial charge in [0.25, 0.3) is 5.91 Å². The van der Waals surface area contributed by atoms with Crippen LogP contribution >= 0.6 is 0 Å². The molecule has 30 heavy (non-hydrogen) atoms. The lowest BCUT2D eigenvalue weighted by molar-refractivity contribution is -0.0663. The Bertz CT molecular complexity index is 990. The minimum atomic E-state index is -4.03. The fourth-order valence-corrected chi connectivity index (χ4v) is 4.82. The topological polar surface area (TPSA) is 128 Å². The molecule has 2 aromatic carbocycles. The van der Waals surface area contributed by atoms with Gasteiger partial charge in [-0.2, -0.15) is 0 Å². The lowest BCUT2D eigenvalue weighted by Crippen LogP contribution is -2.47. The van der Waals surface area contributed by atoms with Gasteiger partial charge in [0.05, 0.1) is 17.6 Å². The van der Waals surface area contributed by atoms with Crippen LogP contribution in [-0.2, 0) is 20.4 Å². The first kappa shape index (κ1) is 22.2. The predicted molar refractivity (Wildman–Crippen MR) is 111 cm³/mol. The van der Waals surface area contributed by atoms with E-state index in [0.717, 1.165) is 0 Å². The number of hydrogen-bond acceptors (Lipinski definition) is 6. The van der Waals surface area contributed by atoms with Crippen molar-refractivity contribution in [3.63, 3.8) is 0 Å². The number of methoxy groups -OCH3 is 1. The van der Waals surface area contributed by atoms with Crippen LogP contribution in [-0.4, -0.2) is 46.3 Å². The number of carbonyl (C=O) groups is 1. The zero-order valence-electron chi connectivity index (χ0n) is 16.7. The summed E-state index contributed by atoms with van der Waals surface area (Å²) in [6.07, 6.45) is 1.23. The largest absolute Gasteiger partial charge is 0.496 e. The zero-order chi connectivity index (χ0) is 21.8. The van der Waals surface area contributed by atoms with E-state index in [9.17, 15) is 18.3 Å². The molecular formula is C21H26N2O6S. The molecule has 1 unspecified atom stereocenters. The van der Waals surface area contributed by atoms with Crippen LogP contribution in [0.3, 0.4) is 0 Å². The van der Waals surface area contributed by atoms with Crippen LogP contribution in [0.4, 0.5) is 0 Å². The third kappa shape index (κ3) is 4.65. The molecule has 3 rings (SSSR count). The molecule has 1 heterocycles. The van der Waals surface area contributed by atoms with Crippen molar-refractivity contribution in [1.29, 1.82) is 0 Å². The lowest BCUT2D eigenvalue weighted by atomic mass is 9.77. The number of aliphatic hydroxyl groups is 1. The molecule has 0 radical (unpaired) electrons. The number of benzene rings is 2. The first-order chi connectivity index (χ1) is 14.3. The number of carbonyl (C=O) groups excluding carboxylic acids is 1. The summed E-state index contributed by atoms with van der Waals surface area (Å²) >= 11 is 0. The number of ether oxygens (including phenoxy) is 2. The maximum absolute atomic E-state index is 12.9. The summed E-state index contributed by atoms with van der Waals surface area (Å²) in [7, 11) is -2.66. The number of nitrogens with one attached hydrogen (secondary N) is 1. The Hall–Kier alpha value is -2.46. The Kier molecular flexibility index (Phi) is 6.77. The maximum Gasteiger partial charge on any atom is 0.252 e. The molecule has 162 valence electrons. The third-order valence-electron chi connectivity index (χ3n) is 5.45. The molecule has 4 N–H and O–H groups in total. The van der Waals surface area contributed by atoms with Crippen LogP contribution in [0.5, 0.6) is 5.75 Å². The van der Waals surface area contributed by atoms with E-state index in [4.69, 9.17) is 15.2 Å². The second kappa shape index (κ2) is 9.13. The van der Waals surface area contributed by atoms with Crippen molar-refractivity contribution in [2.24, 2.45) is 11.7 Å². The highest BCUT2D eigenvalue weighted by atomic mass is 32.2. The van der Waals surface area contributed by atoms with Gasteiger partial charge >= 0.3 is 0 Å². The summed E-state index contributed by atoms with van der Waals surface area (Å²) in [5.74, 6) is -0.787. The quantitative estimate of drug-likeness (QED) is 0.576. The number of hydrogen-bond donors (Lipinski definition) is 3. The highest BCUT2D eigenvalue weighted by Gasteiger charge is 2.40. The van der Waals surface area contributed by atoms with E-state index < -0.39 is 21.5 Å². The molecule has 0 bridgehead atoms. The van der Waals surface area contributed by atoms with Gasteiger partial charge in [-0.25, -0.2) is 13.1 Å². The molecule has 1 aliphatic heterocycles. The fraction of sp³-hybridized carbons (Fsp3) is 0.381. The summed E-state index contributed by atoms with van der Waals surface area (Å²) in [6.45, 7) is 0.794. The Balaban J connectivity index is 1.89. The summed E-state index contributed by atoms with van der Waals surface area (Å²) in [5, 5.41) is 11.6. The Morgan fingerprint density at radius 1 is 1.23 bits per heavy atom.